The highest BCUT2D eigenvalue weighted by Crippen LogP contribution is 2.30. The number of hydrogen-bond acceptors (Lipinski definition) is 6. The van der Waals surface area contributed by atoms with E-state index in [9.17, 15) is 4.79 Å². The number of benzene rings is 1. The summed E-state index contributed by atoms with van der Waals surface area (Å²) in [5.41, 5.74) is 9.38. The first-order chi connectivity index (χ1) is 15.1. The molecule has 0 aliphatic heterocycles. The molecule has 32 heavy (non-hydrogen) atoms. The molecule has 0 spiro atoms. The molecule has 0 saturated heterocycles. The second-order valence-corrected chi connectivity index (χ2v) is 9.25. The normalized spacial score (nSPS) is 11.9. The molecule has 0 unspecified atom stereocenters. The average molecular weight is 433 g/mol. The third-order valence-electron chi connectivity index (χ3n) is 5.24. The Labute approximate surface area is 186 Å². The van der Waals surface area contributed by atoms with E-state index in [1.54, 1.807) is 12.3 Å². The highest BCUT2D eigenvalue weighted by atomic mass is 16.5. The number of anilines is 2. The molecule has 0 aliphatic carbocycles. The number of nitrogen functional groups attached to an aromatic ring is 1. The number of carbonyl (C=O) groups excluding carboxylic acids is 1. The van der Waals surface area contributed by atoms with E-state index in [0.29, 0.717) is 11.6 Å². The summed E-state index contributed by atoms with van der Waals surface area (Å²) in [6.07, 6.45) is 3.79. The summed E-state index contributed by atoms with van der Waals surface area (Å²) in [4.78, 5) is 21.5. The van der Waals surface area contributed by atoms with E-state index >= 15 is 0 Å². The Kier molecular flexibility index (Phi) is 5.46. The number of rotatable bonds is 5. The summed E-state index contributed by atoms with van der Waals surface area (Å²) in [7, 11) is 0. The molecule has 1 amide bonds. The van der Waals surface area contributed by atoms with E-state index in [0.717, 1.165) is 33.9 Å². The van der Waals surface area contributed by atoms with Crippen molar-refractivity contribution in [1.29, 1.82) is 0 Å². The van der Waals surface area contributed by atoms with E-state index in [-0.39, 0.29) is 23.7 Å². The van der Waals surface area contributed by atoms with E-state index in [4.69, 9.17) is 15.2 Å². The Hall–Kier alpha value is -3.68. The highest BCUT2D eigenvalue weighted by molar-refractivity contribution is 5.91. The number of aromatic nitrogens is 4. The lowest BCUT2D eigenvalue weighted by molar-refractivity contribution is -0.115. The summed E-state index contributed by atoms with van der Waals surface area (Å²) in [5, 5.41) is 6.73. The molecular weight excluding hydrogens is 404 g/mol. The first-order valence-corrected chi connectivity index (χ1v) is 10.6. The molecule has 166 valence electrons. The number of amides is 1. The highest BCUT2D eigenvalue weighted by Gasteiger charge is 2.21. The molecule has 0 bridgehead atoms. The number of nitrogens with zero attached hydrogens (tertiary/aromatic N) is 4. The predicted octanol–water partition coefficient (Wildman–Crippen LogP) is 4.57. The van der Waals surface area contributed by atoms with E-state index < -0.39 is 0 Å². The molecule has 4 aromatic rings. The van der Waals surface area contributed by atoms with E-state index in [2.05, 4.69) is 29.3 Å². The predicted molar refractivity (Wildman–Crippen MR) is 124 cm³/mol. The van der Waals surface area contributed by atoms with Gasteiger partial charge in [0, 0.05) is 35.4 Å². The average Bonchev–Trinajstić information content (AvgIpc) is 3.34. The monoisotopic (exact) mass is 432 g/mol. The van der Waals surface area contributed by atoms with Crippen LogP contribution in [0.5, 0.6) is 0 Å². The molecule has 8 heteroatoms. The molecule has 0 fully saturated rings. The van der Waals surface area contributed by atoms with Gasteiger partial charge in [-0.15, -0.1) is 0 Å². The van der Waals surface area contributed by atoms with Crippen LogP contribution in [-0.4, -0.2) is 25.4 Å². The molecule has 8 nitrogen and oxygen atoms in total. The SMILES string of the molecule is CC(C)c1nc(-c2ccc(CC(=O)Nc3cc(C(C)(C)C)on3)cc2)c2c(N)nccn12. The number of nitrogens with one attached hydrogen (secondary N) is 1. The second-order valence-electron chi connectivity index (χ2n) is 9.25. The Morgan fingerprint density at radius 3 is 2.56 bits per heavy atom. The molecule has 0 saturated carbocycles. The minimum Gasteiger partial charge on any atom is -0.382 e. The van der Waals surface area contributed by atoms with Crippen LogP contribution in [0.3, 0.4) is 0 Å². The maximum absolute atomic E-state index is 12.5. The fraction of sp³-hybridized carbons (Fsp3) is 0.333. The largest absolute Gasteiger partial charge is 0.382 e. The fourth-order valence-electron chi connectivity index (χ4n) is 3.54. The van der Waals surface area contributed by atoms with Crippen LogP contribution in [0.2, 0.25) is 0 Å². The first kappa shape index (κ1) is 21.5. The van der Waals surface area contributed by atoms with Gasteiger partial charge in [-0.2, -0.15) is 0 Å². The van der Waals surface area contributed by atoms with Gasteiger partial charge < -0.3 is 15.6 Å². The fourth-order valence-corrected chi connectivity index (χ4v) is 3.54. The lowest BCUT2D eigenvalue weighted by Gasteiger charge is -2.12. The van der Waals surface area contributed by atoms with Crippen molar-refractivity contribution < 1.29 is 9.32 Å². The van der Waals surface area contributed by atoms with Crippen molar-refractivity contribution in [2.45, 2.75) is 52.4 Å². The Morgan fingerprint density at radius 2 is 1.94 bits per heavy atom. The summed E-state index contributed by atoms with van der Waals surface area (Å²) < 4.78 is 7.31. The third-order valence-corrected chi connectivity index (χ3v) is 5.24. The molecule has 3 N–H and O–H groups in total. The quantitative estimate of drug-likeness (QED) is 0.478. The molecule has 0 radical (unpaired) electrons. The topological polar surface area (TPSA) is 111 Å². The smallest absolute Gasteiger partial charge is 0.230 e. The minimum absolute atomic E-state index is 0.158. The first-order valence-electron chi connectivity index (χ1n) is 10.6. The van der Waals surface area contributed by atoms with Crippen LogP contribution in [0.15, 0.2) is 47.2 Å². The van der Waals surface area contributed by atoms with Crippen LogP contribution in [0.25, 0.3) is 16.8 Å². The third kappa shape index (κ3) is 4.21. The van der Waals surface area contributed by atoms with Gasteiger partial charge in [0.1, 0.15) is 28.6 Å². The van der Waals surface area contributed by atoms with Gasteiger partial charge in [-0.3, -0.25) is 9.20 Å². The van der Waals surface area contributed by atoms with Gasteiger partial charge in [0.2, 0.25) is 5.91 Å². The van der Waals surface area contributed by atoms with Crippen molar-refractivity contribution in [2.75, 3.05) is 11.1 Å². The number of hydrogen-bond donors (Lipinski definition) is 2. The van der Waals surface area contributed by atoms with E-state index in [1.807, 2.05) is 55.6 Å². The molecule has 3 heterocycles. The molecule has 4 rings (SSSR count). The number of nitrogens with two attached hydrogens (primary N) is 1. The maximum Gasteiger partial charge on any atom is 0.230 e. The van der Waals surface area contributed by atoms with Crippen molar-refractivity contribution in [3.05, 3.63) is 59.9 Å². The molecule has 0 aliphatic rings. The summed E-state index contributed by atoms with van der Waals surface area (Å²) >= 11 is 0. The number of imidazole rings is 1. The zero-order valence-corrected chi connectivity index (χ0v) is 19.0. The lowest BCUT2D eigenvalue weighted by atomic mass is 9.93. The number of fused-ring (bicyclic) bond motifs is 1. The molecular formula is C24H28N6O2. The molecule has 3 aromatic heterocycles. The summed E-state index contributed by atoms with van der Waals surface area (Å²) in [6.45, 7) is 10.3. The lowest BCUT2D eigenvalue weighted by Crippen LogP contribution is -2.14. The van der Waals surface area contributed by atoms with Crippen molar-refractivity contribution in [2.24, 2.45) is 0 Å². The standard InChI is InChI=1S/C24H28N6O2/c1-14(2)23-28-20(21-22(25)26-10-11-30(21)23)16-8-6-15(7-9-16)12-19(31)27-18-13-17(32-29-18)24(3,4)5/h6-11,13-14H,12H2,1-5H3,(H2,25,26)(H,27,29,31). The van der Waals surface area contributed by atoms with E-state index in [1.165, 1.54) is 0 Å². The zero-order chi connectivity index (χ0) is 23.0. The minimum atomic E-state index is -0.169. The van der Waals surface area contributed by atoms with Crippen molar-refractivity contribution in [1.82, 2.24) is 19.5 Å². The van der Waals surface area contributed by atoms with Gasteiger partial charge in [0.05, 0.1) is 6.42 Å². The zero-order valence-electron chi connectivity index (χ0n) is 19.0. The van der Waals surface area contributed by atoms with Gasteiger partial charge in [0.25, 0.3) is 0 Å². The maximum atomic E-state index is 12.5. The van der Waals surface area contributed by atoms with Gasteiger partial charge in [-0.1, -0.05) is 64.0 Å². The van der Waals surface area contributed by atoms with Crippen LogP contribution in [0.1, 0.15) is 57.7 Å². The summed E-state index contributed by atoms with van der Waals surface area (Å²) in [6, 6.07) is 9.51. The van der Waals surface area contributed by atoms with Gasteiger partial charge >= 0.3 is 0 Å². The summed E-state index contributed by atoms with van der Waals surface area (Å²) in [5.74, 6) is 2.58. The Bertz CT molecular complexity index is 1260. The van der Waals surface area contributed by atoms with Crippen molar-refractivity contribution in [3.63, 3.8) is 0 Å². The van der Waals surface area contributed by atoms with Crippen LogP contribution in [0.4, 0.5) is 11.6 Å². The van der Waals surface area contributed by atoms with Crippen molar-refractivity contribution in [3.8, 4) is 11.3 Å². The van der Waals surface area contributed by atoms with Crippen LogP contribution in [-0.2, 0) is 16.6 Å². The van der Waals surface area contributed by atoms with Crippen LogP contribution >= 0.6 is 0 Å². The Morgan fingerprint density at radius 1 is 1.22 bits per heavy atom. The van der Waals surface area contributed by atoms with Crippen LogP contribution in [0, 0.1) is 0 Å². The van der Waals surface area contributed by atoms with Gasteiger partial charge in [0.15, 0.2) is 5.82 Å². The second kappa shape index (κ2) is 8.11. The van der Waals surface area contributed by atoms with Gasteiger partial charge in [-0.25, -0.2) is 9.97 Å². The van der Waals surface area contributed by atoms with Crippen LogP contribution < -0.4 is 11.1 Å². The van der Waals surface area contributed by atoms with Crippen molar-refractivity contribution >= 4 is 23.1 Å². The number of carbonyl (C=O) groups is 1. The van der Waals surface area contributed by atoms with Gasteiger partial charge in [-0.05, 0) is 5.56 Å². The molecule has 0 atom stereocenters. The Balaban J connectivity index is 1.53. The molecule has 1 aromatic carbocycles.